The number of ketones is 1. The van der Waals surface area contributed by atoms with E-state index >= 15 is 0 Å². The number of carbonyl (C=O) groups is 1. The van der Waals surface area contributed by atoms with E-state index in [1.165, 1.54) is 11.5 Å². The van der Waals surface area contributed by atoms with Crippen LogP contribution in [0.25, 0.3) is 0 Å². The van der Waals surface area contributed by atoms with E-state index < -0.39 is 0 Å². The lowest BCUT2D eigenvalue weighted by molar-refractivity contribution is 0.0860. The van der Waals surface area contributed by atoms with E-state index in [4.69, 9.17) is 4.74 Å². The van der Waals surface area contributed by atoms with Crippen molar-refractivity contribution in [2.45, 2.75) is 58.0 Å². The van der Waals surface area contributed by atoms with Gasteiger partial charge in [-0.1, -0.05) is 25.3 Å². The second-order valence-electron chi connectivity index (χ2n) is 5.80. The maximum atomic E-state index is 12.2. The summed E-state index contributed by atoms with van der Waals surface area (Å²) < 4.78 is 9.47. The van der Waals surface area contributed by atoms with Gasteiger partial charge >= 0.3 is 0 Å². The van der Waals surface area contributed by atoms with Gasteiger partial charge in [0.05, 0.1) is 11.8 Å². The number of Topliss-reactive ketones (excluding diaryl/α,β-unsaturated/α-hetero) is 1. The van der Waals surface area contributed by atoms with Gasteiger partial charge in [0.2, 0.25) is 0 Å². The number of aromatic nitrogens is 2. The third kappa shape index (κ3) is 3.14. The molecule has 100 valence electrons. The maximum absolute atomic E-state index is 12.2. The molecule has 0 saturated carbocycles. The molecule has 0 radical (unpaired) electrons. The SMILES string of the molecule is CC(C)(C)c1nnsc1C(=O)CCC1CCCO1. The fourth-order valence-electron chi connectivity index (χ4n) is 2.14. The highest BCUT2D eigenvalue weighted by atomic mass is 32.1. The van der Waals surface area contributed by atoms with Crippen LogP contribution in [0.1, 0.15) is 61.8 Å². The van der Waals surface area contributed by atoms with E-state index in [1.54, 1.807) is 0 Å². The lowest BCUT2D eigenvalue weighted by Gasteiger charge is -2.16. The highest BCUT2D eigenvalue weighted by molar-refractivity contribution is 7.08. The number of nitrogens with zero attached hydrogens (tertiary/aromatic N) is 2. The average molecular weight is 268 g/mol. The largest absolute Gasteiger partial charge is 0.378 e. The van der Waals surface area contributed by atoms with Gasteiger partial charge in [0.25, 0.3) is 0 Å². The Balaban J connectivity index is 1.98. The van der Waals surface area contributed by atoms with Crippen LogP contribution in [0, 0.1) is 0 Å². The molecule has 1 aliphatic heterocycles. The number of carbonyl (C=O) groups excluding carboxylic acids is 1. The van der Waals surface area contributed by atoms with Gasteiger partial charge in [-0.2, -0.15) is 0 Å². The molecule has 0 aromatic carbocycles. The lowest BCUT2D eigenvalue weighted by Crippen LogP contribution is -2.17. The molecule has 1 aromatic rings. The molecular formula is C13H20N2O2S. The number of hydrogen-bond acceptors (Lipinski definition) is 5. The summed E-state index contributed by atoms with van der Waals surface area (Å²) >= 11 is 1.22. The molecule has 18 heavy (non-hydrogen) atoms. The van der Waals surface area contributed by atoms with Crippen molar-refractivity contribution in [3.63, 3.8) is 0 Å². The summed E-state index contributed by atoms with van der Waals surface area (Å²) in [6.07, 6.45) is 3.83. The van der Waals surface area contributed by atoms with Crippen molar-refractivity contribution in [3.8, 4) is 0 Å². The first-order valence-corrected chi connectivity index (χ1v) is 7.23. The second kappa shape index (κ2) is 5.45. The third-order valence-electron chi connectivity index (χ3n) is 3.17. The van der Waals surface area contributed by atoms with Gasteiger partial charge in [-0.25, -0.2) is 0 Å². The standard InChI is InChI=1S/C13H20N2O2S/c1-13(2,3)12-11(18-15-14-12)10(16)7-6-9-5-4-8-17-9/h9H,4-8H2,1-3H3. The van der Waals surface area contributed by atoms with Crippen molar-refractivity contribution >= 4 is 17.3 Å². The maximum Gasteiger partial charge on any atom is 0.176 e. The Hall–Kier alpha value is -0.810. The first-order valence-electron chi connectivity index (χ1n) is 6.46. The fourth-order valence-corrected chi connectivity index (χ4v) is 2.98. The monoisotopic (exact) mass is 268 g/mol. The minimum Gasteiger partial charge on any atom is -0.378 e. The molecule has 0 amide bonds. The van der Waals surface area contributed by atoms with Crippen molar-refractivity contribution in [2.24, 2.45) is 0 Å². The molecule has 5 heteroatoms. The molecule has 1 fully saturated rings. The molecule has 1 saturated heterocycles. The number of rotatable bonds is 4. The molecular weight excluding hydrogens is 248 g/mol. The van der Waals surface area contributed by atoms with Crippen LogP contribution in [-0.4, -0.2) is 28.1 Å². The molecule has 1 unspecified atom stereocenters. The Morgan fingerprint density at radius 1 is 1.50 bits per heavy atom. The Morgan fingerprint density at radius 2 is 2.28 bits per heavy atom. The normalized spacial score (nSPS) is 20.3. The summed E-state index contributed by atoms with van der Waals surface area (Å²) in [5.74, 6) is 0.158. The smallest absolute Gasteiger partial charge is 0.176 e. The van der Waals surface area contributed by atoms with E-state index in [-0.39, 0.29) is 17.3 Å². The Bertz CT molecular complexity index is 417. The van der Waals surface area contributed by atoms with Crippen LogP contribution in [0.5, 0.6) is 0 Å². The Kier molecular flexibility index (Phi) is 4.12. The quantitative estimate of drug-likeness (QED) is 0.788. The van der Waals surface area contributed by atoms with Crippen molar-refractivity contribution in [2.75, 3.05) is 6.61 Å². The zero-order valence-corrected chi connectivity index (χ0v) is 12.0. The summed E-state index contributed by atoms with van der Waals surface area (Å²) in [6, 6.07) is 0. The predicted molar refractivity (Wildman–Crippen MR) is 71.1 cm³/mol. The van der Waals surface area contributed by atoms with Crippen LogP contribution < -0.4 is 0 Å². The molecule has 1 aliphatic rings. The molecule has 0 N–H and O–H groups in total. The minimum absolute atomic E-state index is 0.123. The highest BCUT2D eigenvalue weighted by Gasteiger charge is 2.26. The first kappa shape index (κ1) is 13.6. The van der Waals surface area contributed by atoms with Gasteiger partial charge in [0.1, 0.15) is 4.88 Å². The summed E-state index contributed by atoms with van der Waals surface area (Å²) in [5.41, 5.74) is 0.701. The zero-order valence-electron chi connectivity index (χ0n) is 11.2. The molecule has 2 rings (SSSR count). The van der Waals surface area contributed by atoms with Crippen molar-refractivity contribution in [1.82, 2.24) is 9.59 Å². The van der Waals surface area contributed by atoms with E-state index in [0.717, 1.165) is 36.4 Å². The summed E-state index contributed by atoms with van der Waals surface area (Å²) in [5, 5.41) is 4.10. The van der Waals surface area contributed by atoms with Gasteiger partial charge in [-0.15, -0.1) is 5.10 Å². The third-order valence-corrected chi connectivity index (χ3v) is 3.94. The van der Waals surface area contributed by atoms with Crippen molar-refractivity contribution in [3.05, 3.63) is 10.6 Å². The van der Waals surface area contributed by atoms with E-state index in [2.05, 4.69) is 30.4 Å². The number of ether oxygens (including phenoxy) is 1. The van der Waals surface area contributed by atoms with Crippen LogP contribution in [0.3, 0.4) is 0 Å². The predicted octanol–water partition coefficient (Wildman–Crippen LogP) is 2.98. The van der Waals surface area contributed by atoms with E-state index in [1.807, 2.05) is 0 Å². The van der Waals surface area contributed by atoms with E-state index in [9.17, 15) is 4.79 Å². The fraction of sp³-hybridized carbons (Fsp3) is 0.769. The minimum atomic E-state index is -0.123. The first-order chi connectivity index (χ1) is 8.48. The highest BCUT2D eigenvalue weighted by Crippen LogP contribution is 2.27. The van der Waals surface area contributed by atoms with Crippen molar-refractivity contribution < 1.29 is 9.53 Å². The van der Waals surface area contributed by atoms with Gasteiger partial charge in [-0.05, 0) is 30.8 Å². The van der Waals surface area contributed by atoms with Crippen LogP contribution >= 0.6 is 11.5 Å². The average Bonchev–Trinajstić information content (AvgIpc) is 2.95. The molecule has 2 heterocycles. The summed E-state index contributed by atoms with van der Waals surface area (Å²) in [6.45, 7) is 7.01. The lowest BCUT2D eigenvalue weighted by atomic mass is 9.90. The van der Waals surface area contributed by atoms with Crippen LogP contribution in [0.15, 0.2) is 0 Å². The van der Waals surface area contributed by atoms with Crippen molar-refractivity contribution in [1.29, 1.82) is 0 Å². The topological polar surface area (TPSA) is 52.1 Å². The van der Waals surface area contributed by atoms with Gasteiger partial charge in [-0.3, -0.25) is 4.79 Å². The Morgan fingerprint density at radius 3 is 2.89 bits per heavy atom. The molecule has 4 nitrogen and oxygen atoms in total. The van der Waals surface area contributed by atoms with Gasteiger partial charge < -0.3 is 4.74 Å². The summed E-state index contributed by atoms with van der Waals surface area (Å²) in [4.78, 5) is 12.9. The van der Waals surface area contributed by atoms with E-state index in [0.29, 0.717) is 6.42 Å². The van der Waals surface area contributed by atoms with Crippen LogP contribution in [0.4, 0.5) is 0 Å². The molecule has 0 bridgehead atoms. The van der Waals surface area contributed by atoms with Gasteiger partial charge in [0.15, 0.2) is 5.78 Å². The molecule has 0 aliphatic carbocycles. The van der Waals surface area contributed by atoms with Crippen LogP contribution in [0.2, 0.25) is 0 Å². The Labute approximate surface area is 112 Å². The summed E-state index contributed by atoms with van der Waals surface area (Å²) in [7, 11) is 0. The zero-order chi connectivity index (χ0) is 13.2. The second-order valence-corrected chi connectivity index (χ2v) is 6.55. The molecule has 0 spiro atoms. The number of hydrogen-bond donors (Lipinski definition) is 0. The van der Waals surface area contributed by atoms with Gasteiger partial charge in [0, 0.05) is 18.4 Å². The van der Waals surface area contributed by atoms with Crippen LogP contribution in [-0.2, 0) is 10.2 Å². The molecule has 1 aromatic heterocycles. The molecule has 1 atom stereocenters.